The summed E-state index contributed by atoms with van der Waals surface area (Å²) in [7, 11) is 0. The Labute approximate surface area is 409 Å². The average molecular weight is 1040 g/mol. The average Bonchev–Trinajstić information content (AvgIpc) is 4.06. The number of terminal acetylenes is 1. The third kappa shape index (κ3) is 19.6. The number of nitrogens with zero attached hydrogens (tertiary/aromatic N) is 7. The quantitative estimate of drug-likeness (QED) is 0.0407. The van der Waals surface area contributed by atoms with Crippen molar-refractivity contribution in [1.82, 2.24) is 30.2 Å². The number of hydrogen-bond acceptors (Lipinski definition) is 11. The van der Waals surface area contributed by atoms with E-state index in [0.29, 0.717) is 34.9 Å². The fourth-order valence-electron chi connectivity index (χ4n) is 4.64. The molecule has 66 heavy (non-hydrogen) atoms. The summed E-state index contributed by atoms with van der Waals surface area (Å²) in [6.45, 7) is 11.9. The van der Waals surface area contributed by atoms with Crippen LogP contribution in [0.25, 0.3) is 22.8 Å². The minimum Gasteiger partial charge on any atom is -0.481 e. The SMILES string of the molecule is C#Cc1ccncc1.CC[C@H](C)C(=O)O.CC[C@H](C)c1nc(-c2ccc(Br)cc2)no1.CC[C@H](C)c1nc(-c2ccc(C#Cc3ccncc3)cc2)no1.Cl.N/C(=N\O)c1ccc(Br)cc1. The Morgan fingerprint density at radius 1 is 0.667 bits per heavy atom. The first-order chi connectivity index (χ1) is 31.3. The van der Waals surface area contributed by atoms with E-state index in [1.807, 2.05) is 79.7 Å². The van der Waals surface area contributed by atoms with Crippen LogP contribution in [0.1, 0.15) is 107 Å². The summed E-state index contributed by atoms with van der Waals surface area (Å²) in [6, 6.07) is 30.2. The smallest absolute Gasteiger partial charge is 0.306 e. The maximum atomic E-state index is 9.93. The predicted molar refractivity (Wildman–Crippen MR) is 268 cm³/mol. The number of aromatic nitrogens is 6. The van der Waals surface area contributed by atoms with Gasteiger partial charge < -0.3 is 25.1 Å². The number of hydrogen-bond donors (Lipinski definition) is 3. The number of carboxylic acid groups (broad SMARTS) is 1. The fraction of sp³-hybridized carbons (Fsp3) is 0.240. The number of aliphatic carboxylic acids is 1. The molecule has 0 saturated carbocycles. The Hall–Kier alpha value is -6.65. The molecule has 344 valence electrons. The van der Waals surface area contributed by atoms with E-state index in [-0.39, 0.29) is 30.1 Å². The highest BCUT2D eigenvalue weighted by atomic mass is 79.9. The molecular formula is C50H53Br2ClN8O5. The second kappa shape index (κ2) is 30.5. The van der Waals surface area contributed by atoms with Gasteiger partial charge in [0, 0.05) is 78.9 Å². The minimum atomic E-state index is -0.706. The van der Waals surface area contributed by atoms with Crippen LogP contribution in [-0.2, 0) is 4.79 Å². The number of rotatable bonds is 9. The van der Waals surface area contributed by atoms with Gasteiger partial charge in [0.1, 0.15) is 0 Å². The van der Waals surface area contributed by atoms with Crippen LogP contribution in [0.4, 0.5) is 0 Å². The highest BCUT2D eigenvalue weighted by Crippen LogP contribution is 2.24. The Kier molecular flexibility index (Phi) is 25.6. The molecule has 7 aromatic rings. The second-order valence-electron chi connectivity index (χ2n) is 14.1. The molecule has 0 aliphatic rings. The van der Waals surface area contributed by atoms with Gasteiger partial charge in [-0.25, -0.2) is 0 Å². The molecule has 0 unspecified atom stereocenters. The van der Waals surface area contributed by atoms with Gasteiger partial charge in [-0.05, 0) is 104 Å². The van der Waals surface area contributed by atoms with Crippen molar-refractivity contribution < 1.29 is 24.2 Å². The fourth-order valence-corrected chi connectivity index (χ4v) is 5.17. The van der Waals surface area contributed by atoms with Crippen LogP contribution in [0.15, 0.2) is 145 Å². The summed E-state index contributed by atoms with van der Waals surface area (Å²) < 4.78 is 12.5. The lowest BCUT2D eigenvalue weighted by atomic mass is 10.1. The summed E-state index contributed by atoms with van der Waals surface area (Å²) in [5.41, 5.74) is 10.7. The van der Waals surface area contributed by atoms with E-state index >= 15 is 0 Å². The lowest BCUT2D eigenvalue weighted by Crippen LogP contribution is -2.12. The predicted octanol–water partition coefficient (Wildman–Crippen LogP) is 12.2. The first-order valence-corrected chi connectivity index (χ1v) is 22.2. The third-order valence-corrected chi connectivity index (χ3v) is 10.4. The molecule has 0 spiro atoms. The van der Waals surface area contributed by atoms with Crippen molar-refractivity contribution in [1.29, 1.82) is 0 Å². The van der Waals surface area contributed by atoms with Gasteiger partial charge in [-0.2, -0.15) is 9.97 Å². The lowest BCUT2D eigenvalue weighted by molar-refractivity contribution is -0.141. The van der Waals surface area contributed by atoms with Crippen LogP contribution in [-0.4, -0.2) is 52.4 Å². The largest absolute Gasteiger partial charge is 0.481 e. The summed E-state index contributed by atoms with van der Waals surface area (Å²) in [6.07, 6.45) is 14.6. The molecule has 7 rings (SSSR count). The van der Waals surface area contributed by atoms with Gasteiger partial charge >= 0.3 is 5.97 Å². The van der Waals surface area contributed by atoms with Gasteiger partial charge in [-0.1, -0.05) is 119 Å². The van der Waals surface area contributed by atoms with E-state index in [1.54, 1.807) is 56.0 Å². The minimum absolute atomic E-state index is 0. The molecule has 0 bridgehead atoms. The number of carboxylic acids is 1. The Bertz CT molecular complexity index is 2590. The number of pyridine rings is 2. The van der Waals surface area contributed by atoms with E-state index in [1.165, 1.54) is 0 Å². The normalized spacial score (nSPS) is 11.4. The van der Waals surface area contributed by atoms with Crippen molar-refractivity contribution in [3.05, 3.63) is 165 Å². The Morgan fingerprint density at radius 2 is 1.06 bits per heavy atom. The first-order valence-electron chi connectivity index (χ1n) is 20.6. The molecule has 4 heterocycles. The monoisotopic (exact) mass is 1040 g/mol. The van der Waals surface area contributed by atoms with Gasteiger partial charge in [0.25, 0.3) is 0 Å². The van der Waals surface area contributed by atoms with Crippen molar-refractivity contribution in [3.8, 4) is 47.0 Å². The highest BCUT2D eigenvalue weighted by Gasteiger charge is 2.14. The van der Waals surface area contributed by atoms with E-state index in [0.717, 1.165) is 56.0 Å². The molecule has 0 fully saturated rings. The molecule has 3 atom stereocenters. The first kappa shape index (κ1) is 55.5. The van der Waals surface area contributed by atoms with Crippen LogP contribution < -0.4 is 5.73 Å². The summed E-state index contributed by atoms with van der Waals surface area (Å²) in [5.74, 6) is 11.2. The number of benzene rings is 3. The molecule has 0 saturated heterocycles. The molecule has 4 N–H and O–H groups in total. The Morgan fingerprint density at radius 3 is 1.41 bits per heavy atom. The molecule has 0 radical (unpaired) electrons. The van der Waals surface area contributed by atoms with E-state index in [2.05, 4.69) is 113 Å². The number of amidine groups is 1. The molecule has 0 aliphatic heterocycles. The van der Waals surface area contributed by atoms with Crippen LogP contribution in [0.5, 0.6) is 0 Å². The van der Waals surface area contributed by atoms with Crippen molar-refractivity contribution in [2.24, 2.45) is 16.8 Å². The van der Waals surface area contributed by atoms with Crippen molar-refractivity contribution in [2.45, 2.75) is 72.6 Å². The molecule has 4 aromatic heterocycles. The number of carbonyl (C=O) groups is 1. The van der Waals surface area contributed by atoms with Crippen LogP contribution in [0, 0.1) is 30.1 Å². The van der Waals surface area contributed by atoms with E-state index < -0.39 is 5.97 Å². The summed E-state index contributed by atoms with van der Waals surface area (Å²) >= 11 is 6.67. The molecular weight excluding hydrogens is 988 g/mol. The Balaban J connectivity index is 0.000000304. The number of oxime groups is 1. The zero-order valence-electron chi connectivity index (χ0n) is 37.5. The maximum absolute atomic E-state index is 9.93. The van der Waals surface area contributed by atoms with Gasteiger partial charge in [-0.3, -0.25) is 14.8 Å². The van der Waals surface area contributed by atoms with E-state index in [9.17, 15) is 4.79 Å². The number of halogens is 3. The molecule has 0 amide bonds. The van der Waals surface area contributed by atoms with Crippen molar-refractivity contribution in [3.63, 3.8) is 0 Å². The molecule has 3 aromatic carbocycles. The molecule has 0 aliphatic carbocycles. The zero-order valence-corrected chi connectivity index (χ0v) is 41.5. The summed E-state index contributed by atoms with van der Waals surface area (Å²) in [4.78, 5) is 26.5. The molecule has 16 heteroatoms. The standard InChI is InChI=1S/C19H17N3O.C12H13BrN2O.C7H7BrN2O.C7H5N.C5H10O2.ClH/c1-3-14(2)19-21-18(22-23-19)17-8-6-15(7-9-17)4-5-16-10-12-20-13-11-16;1-3-8(2)12-14-11(15-16-12)9-4-6-10(13)7-5-9;8-6-3-1-5(2-4-6)7(9)10-11;1-2-7-3-5-8-6-4-7;1-3-4(2)5(6)7;/h6-14H,3H2,1-2H3;4-8H,3H2,1-2H3;1-4,11H,(H2,9,10);1,3-6H;4H,3H2,1-2H3,(H,6,7);1H/t14-;8-;;;4-;/m00..0./s1. The van der Waals surface area contributed by atoms with Crippen LogP contribution in [0.3, 0.4) is 0 Å². The third-order valence-electron chi connectivity index (χ3n) is 9.36. The van der Waals surface area contributed by atoms with E-state index in [4.69, 9.17) is 31.5 Å². The van der Waals surface area contributed by atoms with Crippen molar-refractivity contribution in [2.75, 3.05) is 0 Å². The zero-order chi connectivity index (χ0) is 47.6. The van der Waals surface area contributed by atoms with Gasteiger partial charge in [0.2, 0.25) is 23.4 Å². The maximum Gasteiger partial charge on any atom is 0.306 e. The van der Waals surface area contributed by atoms with Gasteiger partial charge in [0.05, 0.1) is 5.92 Å². The van der Waals surface area contributed by atoms with Crippen LogP contribution >= 0.6 is 44.3 Å². The van der Waals surface area contributed by atoms with Gasteiger partial charge in [-0.15, -0.1) is 18.8 Å². The molecule has 13 nitrogen and oxygen atoms in total. The second-order valence-corrected chi connectivity index (χ2v) is 16.0. The summed E-state index contributed by atoms with van der Waals surface area (Å²) in [5, 5.41) is 27.4. The van der Waals surface area contributed by atoms with Gasteiger partial charge in [0.15, 0.2) is 5.84 Å². The highest BCUT2D eigenvalue weighted by molar-refractivity contribution is 9.10. The lowest BCUT2D eigenvalue weighted by Gasteiger charge is -1.98. The topological polar surface area (TPSA) is 200 Å². The van der Waals surface area contributed by atoms with Crippen molar-refractivity contribution >= 4 is 56.1 Å². The van der Waals surface area contributed by atoms with Crippen LogP contribution in [0.2, 0.25) is 0 Å². The number of nitrogens with two attached hydrogens (primary N) is 1.